The van der Waals surface area contributed by atoms with Crippen molar-refractivity contribution in [2.24, 2.45) is 0 Å². The fourth-order valence-electron chi connectivity index (χ4n) is 4.41. The van der Waals surface area contributed by atoms with Gasteiger partial charge in [0, 0.05) is 44.4 Å². The Kier molecular flexibility index (Phi) is 4.39. The standard InChI is InChI=1S/C22H24N8/c1-14-9-21-29(6-4-7-30(21)27-14)18-10-17-13-28(8-5-19(17)24-12-18)22-16(3)15(2)20(11-23)25-26-22/h9-10,12H,4-8,13H2,1-3H3. The molecule has 8 nitrogen and oxygen atoms in total. The number of fused-ring (bicyclic) bond motifs is 2. The van der Waals surface area contributed by atoms with Gasteiger partial charge in [0.15, 0.2) is 11.5 Å². The Labute approximate surface area is 175 Å². The molecule has 0 saturated carbocycles. The SMILES string of the molecule is Cc1cc2n(n1)CCCN2c1cnc2c(c1)CN(c1nnc(C#N)c(C)c1C)CC2. The number of pyridine rings is 1. The lowest BCUT2D eigenvalue weighted by atomic mass is 10.0. The Bertz CT molecular complexity index is 1170. The molecule has 0 radical (unpaired) electrons. The van der Waals surface area contributed by atoms with E-state index in [4.69, 9.17) is 4.98 Å². The lowest BCUT2D eigenvalue weighted by Gasteiger charge is -2.33. The smallest absolute Gasteiger partial charge is 0.166 e. The second-order valence-corrected chi connectivity index (χ2v) is 8.08. The molecule has 30 heavy (non-hydrogen) atoms. The maximum atomic E-state index is 9.21. The highest BCUT2D eigenvalue weighted by molar-refractivity contribution is 5.62. The van der Waals surface area contributed by atoms with Crippen LogP contribution in [0.3, 0.4) is 0 Å². The fraction of sp³-hybridized carbons (Fsp3) is 0.409. The summed E-state index contributed by atoms with van der Waals surface area (Å²) in [6, 6.07) is 6.52. The topological polar surface area (TPSA) is 86.8 Å². The second kappa shape index (κ2) is 7.10. The minimum Gasteiger partial charge on any atom is -0.350 e. The van der Waals surface area contributed by atoms with Gasteiger partial charge in [-0.25, -0.2) is 4.68 Å². The van der Waals surface area contributed by atoms with Crippen molar-refractivity contribution in [2.45, 2.75) is 46.7 Å². The molecule has 8 heteroatoms. The summed E-state index contributed by atoms with van der Waals surface area (Å²) in [6.45, 7) is 9.50. The van der Waals surface area contributed by atoms with Gasteiger partial charge in [-0.05, 0) is 49.9 Å². The molecule has 0 N–H and O–H groups in total. The van der Waals surface area contributed by atoms with E-state index in [0.29, 0.717) is 5.69 Å². The third kappa shape index (κ3) is 2.98. The molecule has 0 aliphatic carbocycles. The summed E-state index contributed by atoms with van der Waals surface area (Å²) in [4.78, 5) is 9.35. The van der Waals surface area contributed by atoms with Crippen LogP contribution in [0.15, 0.2) is 18.3 Å². The maximum absolute atomic E-state index is 9.21. The monoisotopic (exact) mass is 400 g/mol. The van der Waals surface area contributed by atoms with E-state index < -0.39 is 0 Å². The molecule has 3 aromatic heterocycles. The van der Waals surface area contributed by atoms with Crippen LogP contribution in [0.2, 0.25) is 0 Å². The van der Waals surface area contributed by atoms with Crippen molar-refractivity contribution in [2.75, 3.05) is 22.9 Å². The highest BCUT2D eigenvalue weighted by atomic mass is 15.4. The van der Waals surface area contributed by atoms with Crippen LogP contribution in [0.25, 0.3) is 0 Å². The molecule has 2 aliphatic rings. The van der Waals surface area contributed by atoms with Gasteiger partial charge in [-0.3, -0.25) is 4.98 Å². The summed E-state index contributed by atoms with van der Waals surface area (Å²) in [7, 11) is 0. The van der Waals surface area contributed by atoms with Gasteiger partial charge in [-0.2, -0.15) is 10.4 Å². The van der Waals surface area contributed by atoms with Crippen LogP contribution < -0.4 is 9.80 Å². The zero-order valence-electron chi connectivity index (χ0n) is 17.6. The van der Waals surface area contributed by atoms with E-state index >= 15 is 0 Å². The molecule has 152 valence electrons. The molecule has 0 amide bonds. The van der Waals surface area contributed by atoms with Gasteiger partial charge in [0.25, 0.3) is 0 Å². The first-order valence-corrected chi connectivity index (χ1v) is 10.3. The summed E-state index contributed by atoms with van der Waals surface area (Å²) in [5, 5.41) is 22.3. The second-order valence-electron chi connectivity index (χ2n) is 8.08. The Hall–Kier alpha value is -3.47. The van der Waals surface area contributed by atoms with Gasteiger partial charge in [-0.1, -0.05) is 0 Å². The number of nitrogens with zero attached hydrogens (tertiary/aromatic N) is 8. The van der Waals surface area contributed by atoms with Crippen molar-refractivity contribution in [3.05, 3.63) is 52.1 Å². The summed E-state index contributed by atoms with van der Waals surface area (Å²) in [6.07, 6.45) is 3.92. The summed E-state index contributed by atoms with van der Waals surface area (Å²) in [5.41, 5.74) is 6.83. The maximum Gasteiger partial charge on any atom is 0.166 e. The molecule has 0 bridgehead atoms. The number of hydrogen-bond acceptors (Lipinski definition) is 7. The number of aryl methyl sites for hydroxylation is 2. The normalized spacial score (nSPS) is 15.5. The molecule has 0 atom stereocenters. The molecular weight excluding hydrogens is 376 g/mol. The van der Waals surface area contributed by atoms with Crippen molar-refractivity contribution in [3.8, 4) is 6.07 Å². The van der Waals surface area contributed by atoms with Crippen molar-refractivity contribution >= 4 is 17.3 Å². The van der Waals surface area contributed by atoms with Crippen molar-refractivity contribution in [1.29, 1.82) is 5.26 Å². The van der Waals surface area contributed by atoms with Gasteiger partial charge < -0.3 is 9.80 Å². The van der Waals surface area contributed by atoms with Gasteiger partial charge in [0.1, 0.15) is 11.9 Å². The predicted molar refractivity (Wildman–Crippen MR) is 114 cm³/mol. The zero-order chi connectivity index (χ0) is 20.8. The third-order valence-corrected chi connectivity index (χ3v) is 6.15. The minimum atomic E-state index is 0.398. The van der Waals surface area contributed by atoms with Gasteiger partial charge in [0.05, 0.1) is 17.6 Å². The van der Waals surface area contributed by atoms with Crippen LogP contribution in [0.5, 0.6) is 0 Å². The Morgan fingerprint density at radius 3 is 2.73 bits per heavy atom. The van der Waals surface area contributed by atoms with Crippen molar-refractivity contribution < 1.29 is 0 Å². The Morgan fingerprint density at radius 1 is 1.03 bits per heavy atom. The summed E-state index contributed by atoms with van der Waals surface area (Å²) >= 11 is 0. The van der Waals surface area contributed by atoms with Gasteiger partial charge in [0.2, 0.25) is 0 Å². The van der Waals surface area contributed by atoms with E-state index in [1.54, 1.807) is 0 Å². The molecule has 0 aromatic carbocycles. The largest absolute Gasteiger partial charge is 0.350 e. The average molecular weight is 400 g/mol. The Balaban J connectivity index is 1.47. The number of rotatable bonds is 2. The predicted octanol–water partition coefficient (Wildman–Crippen LogP) is 2.97. The first kappa shape index (κ1) is 18.6. The molecule has 3 aromatic rings. The third-order valence-electron chi connectivity index (χ3n) is 6.15. The van der Waals surface area contributed by atoms with Crippen molar-refractivity contribution in [3.63, 3.8) is 0 Å². The highest BCUT2D eigenvalue weighted by Crippen LogP contribution is 2.33. The van der Waals surface area contributed by atoms with Crippen molar-refractivity contribution in [1.82, 2.24) is 25.0 Å². The molecule has 0 fully saturated rings. The molecular formula is C22H24N8. The van der Waals surface area contributed by atoms with Crippen LogP contribution in [0, 0.1) is 32.1 Å². The van der Waals surface area contributed by atoms with Crippen LogP contribution >= 0.6 is 0 Å². The molecule has 0 spiro atoms. The van der Waals surface area contributed by atoms with Crippen LogP contribution in [-0.4, -0.2) is 38.1 Å². The molecule has 2 aliphatic heterocycles. The number of aromatic nitrogens is 5. The summed E-state index contributed by atoms with van der Waals surface area (Å²) in [5.74, 6) is 1.99. The fourth-order valence-corrected chi connectivity index (χ4v) is 4.41. The number of hydrogen-bond donors (Lipinski definition) is 0. The highest BCUT2D eigenvalue weighted by Gasteiger charge is 2.25. The van der Waals surface area contributed by atoms with Crippen LogP contribution in [0.1, 0.15) is 40.2 Å². The van der Waals surface area contributed by atoms with E-state index in [2.05, 4.69) is 48.0 Å². The van der Waals surface area contributed by atoms with E-state index in [1.165, 1.54) is 5.56 Å². The van der Waals surface area contributed by atoms with E-state index in [0.717, 1.165) is 78.9 Å². The Morgan fingerprint density at radius 2 is 1.90 bits per heavy atom. The van der Waals surface area contributed by atoms with Crippen LogP contribution in [0.4, 0.5) is 17.3 Å². The molecule has 5 heterocycles. The van der Waals surface area contributed by atoms with Gasteiger partial charge in [-0.15, -0.1) is 10.2 Å². The molecule has 0 unspecified atom stereocenters. The average Bonchev–Trinajstić information content (AvgIpc) is 3.15. The first-order valence-electron chi connectivity index (χ1n) is 10.3. The lowest BCUT2D eigenvalue weighted by molar-refractivity contribution is 0.539. The zero-order valence-corrected chi connectivity index (χ0v) is 17.6. The van der Waals surface area contributed by atoms with Crippen LogP contribution in [-0.2, 0) is 19.5 Å². The minimum absolute atomic E-state index is 0.398. The van der Waals surface area contributed by atoms with E-state index in [-0.39, 0.29) is 0 Å². The van der Waals surface area contributed by atoms with E-state index in [9.17, 15) is 5.26 Å². The molecule has 0 saturated heterocycles. The van der Waals surface area contributed by atoms with Gasteiger partial charge >= 0.3 is 0 Å². The number of anilines is 3. The quantitative estimate of drug-likeness (QED) is 0.653. The first-order chi connectivity index (χ1) is 14.5. The van der Waals surface area contributed by atoms with E-state index in [1.807, 2.05) is 27.0 Å². The number of nitriles is 1. The molecule has 5 rings (SSSR count). The lowest BCUT2D eigenvalue weighted by Crippen LogP contribution is -2.33. The summed E-state index contributed by atoms with van der Waals surface area (Å²) < 4.78 is 2.09.